The normalized spacial score (nSPS) is 13.9. The van der Waals surface area contributed by atoms with E-state index in [0.717, 1.165) is 0 Å². The van der Waals surface area contributed by atoms with Gasteiger partial charge in [-0.2, -0.15) is 0 Å². The molecule has 0 aliphatic carbocycles. The minimum atomic E-state index is 0.205. The molecular formula is C18H23NO. The molecule has 2 aromatic carbocycles. The fourth-order valence-corrected chi connectivity index (χ4v) is 2.43. The first kappa shape index (κ1) is 14.8. The Hall–Kier alpha value is -1.64. The van der Waals surface area contributed by atoms with Gasteiger partial charge in [0.25, 0.3) is 0 Å². The van der Waals surface area contributed by atoms with E-state index in [0.29, 0.717) is 6.61 Å². The van der Waals surface area contributed by atoms with Gasteiger partial charge in [0.05, 0.1) is 12.6 Å². The first-order chi connectivity index (χ1) is 9.70. The molecule has 0 radical (unpaired) electrons. The molecule has 2 nitrogen and oxygen atoms in total. The summed E-state index contributed by atoms with van der Waals surface area (Å²) < 4.78 is 5.36. The Labute approximate surface area is 121 Å². The number of methoxy groups -OCH3 is 1. The van der Waals surface area contributed by atoms with Crippen LogP contribution in [0, 0.1) is 6.92 Å². The SMILES string of the molecule is COCC(N[C@@H](C)c1cccc(C)c1)c1ccccc1. The lowest BCUT2D eigenvalue weighted by Gasteiger charge is -2.24. The van der Waals surface area contributed by atoms with Gasteiger partial charge in [-0.1, -0.05) is 60.2 Å². The maximum absolute atomic E-state index is 5.36. The Morgan fingerprint density at radius 2 is 1.70 bits per heavy atom. The number of hydrogen-bond donors (Lipinski definition) is 1. The lowest BCUT2D eigenvalue weighted by molar-refractivity contribution is 0.162. The molecule has 1 N–H and O–H groups in total. The fourth-order valence-electron chi connectivity index (χ4n) is 2.43. The van der Waals surface area contributed by atoms with Crippen LogP contribution in [-0.2, 0) is 4.74 Å². The summed E-state index contributed by atoms with van der Waals surface area (Å²) in [5.41, 5.74) is 3.86. The zero-order chi connectivity index (χ0) is 14.4. The van der Waals surface area contributed by atoms with E-state index in [1.165, 1.54) is 16.7 Å². The lowest BCUT2D eigenvalue weighted by Crippen LogP contribution is -2.28. The Balaban J connectivity index is 2.12. The average molecular weight is 269 g/mol. The highest BCUT2D eigenvalue weighted by molar-refractivity contribution is 5.26. The molecule has 2 atom stereocenters. The van der Waals surface area contributed by atoms with Crippen LogP contribution >= 0.6 is 0 Å². The van der Waals surface area contributed by atoms with Crippen LogP contribution in [0.2, 0.25) is 0 Å². The van der Waals surface area contributed by atoms with Crippen molar-refractivity contribution < 1.29 is 4.74 Å². The summed E-state index contributed by atoms with van der Waals surface area (Å²) in [4.78, 5) is 0. The monoisotopic (exact) mass is 269 g/mol. The van der Waals surface area contributed by atoms with Gasteiger partial charge in [-0.05, 0) is 25.0 Å². The molecule has 0 saturated heterocycles. The van der Waals surface area contributed by atoms with E-state index in [1.807, 2.05) is 6.07 Å². The van der Waals surface area contributed by atoms with Crippen molar-refractivity contribution >= 4 is 0 Å². The number of ether oxygens (including phenoxy) is 1. The Kier molecular flexibility index (Phi) is 5.33. The molecule has 0 heterocycles. The predicted molar refractivity (Wildman–Crippen MR) is 83.8 cm³/mol. The van der Waals surface area contributed by atoms with E-state index in [2.05, 4.69) is 67.7 Å². The number of benzene rings is 2. The van der Waals surface area contributed by atoms with E-state index < -0.39 is 0 Å². The van der Waals surface area contributed by atoms with E-state index in [4.69, 9.17) is 4.74 Å². The molecule has 2 heteroatoms. The summed E-state index contributed by atoms with van der Waals surface area (Å²) in [7, 11) is 1.74. The third-order valence-corrected chi connectivity index (χ3v) is 3.53. The molecule has 0 saturated carbocycles. The van der Waals surface area contributed by atoms with E-state index >= 15 is 0 Å². The van der Waals surface area contributed by atoms with Gasteiger partial charge in [0.1, 0.15) is 0 Å². The number of nitrogens with one attached hydrogen (secondary N) is 1. The van der Waals surface area contributed by atoms with Crippen molar-refractivity contribution in [3.63, 3.8) is 0 Å². The van der Waals surface area contributed by atoms with Crippen LogP contribution in [-0.4, -0.2) is 13.7 Å². The molecule has 20 heavy (non-hydrogen) atoms. The van der Waals surface area contributed by atoms with Crippen molar-refractivity contribution in [1.82, 2.24) is 5.32 Å². The zero-order valence-corrected chi connectivity index (χ0v) is 12.5. The molecule has 2 aromatic rings. The molecule has 0 spiro atoms. The van der Waals surface area contributed by atoms with Crippen LogP contribution in [0.4, 0.5) is 0 Å². The minimum absolute atomic E-state index is 0.205. The highest BCUT2D eigenvalue weighted by Gasteiger charge is 2.15. The van der Waals surface area contributed by atoms with Gasteiger partial charge in [0.15, 0.2) is 0 Å². The molecule has 0 bridgehead atoms. The van der Waals surface area contributed by atoms with Gasteiger partial charge >= 0.3 is 0 Å². The van der Waals surface area contributed by atoms with Crippen LogP contribution in [0.15, 0.2) is 54.6 Å². The Morgan fingerprint density at radius 1 is 1.00 bits per heavy atom. The summed E-state index contributed by atoms with van der Waals surface area (Å²) in [6.07, 6.45) is 0. The van der Waals surface area contributed by atoms with Crippen LogP contribution in [0.3, 0.4) is 0 Å². The first-order valence-electron chi connectivity index (χ1n) is 7.07. The third kappa shape index (κ3) is 3.92. The second-order valence-corrected chi connectivity index (χ2v) is 5.22. The summed E-state index contributed by atoms with van der Waals surface area (Å²) in [5, 5.41) is 3.65. The molecular weight excluding hydrogens is 246 g/mol. The largest absolute Gasteiger partial charge is 0.383 e. The summed E-state index contributed by atoms with van der Waals surface area (Å²) in [5.74, 6) is 0. The van der Waals surface area contributed by atoms with Crippen LogP contribution in [0.5, 0.6) is 0 Å². The molecule has 0 aromatic heterocycles. The predicted octanol–water partition coefficient (Wildman–Crippen LogP) is 4.03. The molecule has 0 aliphatic heterocycles. The second-order valence-electron chi connectivity index (χ2n) is 5.22. The molecule has 0 fully saturated rings. The Morgan fingerprint density at radius 3 is 2.35 bits per heavy atom. The van der Waals surface area contributed by atoms with Crippen molar-refractivity contribution in [2.75, 3.05) is 13.7 Å². The van der Waals surface area contributed by atoms with Gasteiger partial charge in [-0.15, -0.1) is 0 Å². The Bertz CT molecular complexity index is 524. The average Bonchev–Trinajstić information content (AvgIpc) is 2.47. The number of aryl methyl sites for hydroxylation is 1. The maximum Gasteiger partial charge on any atom is 0.0657 e. The van der Waals surface area contributed by atoms with Crippen molar-refractivity contribution in [3.05, 3.63) is 71.3 Å². The third-order valence-electron chi connectivity index (χ3n) is 3.53. The van der Waals surface area contributed by atoms with Gasteiger partial charge in [0, 0.05) is 13.2 Å². The standard InChI is InChI=1S/C18H23NO/c1-14-8-7-11-17(12-14)15(2)19-18(13-20-3)16-9-5-4-6-10-16/h4-12,15,18-19H,13H2,1-3H3/t15-,18?/m0/s1. The molecule has 0 amide bonds. The van der Waals surface area contributed by atoms with Crippen LogP contribution in [0.1, 0.15) is 35.7 Å². The van der Waals surface area contributed by atoms with Crippen molar-refractivity contribution in [2.45, 2.75) is 25.9 Å². The van der Waals surface area contributed by atoms with Crippen LogP contribution in [0.25, 0.3) is 0 Å². The summed E-state index contributed by atoms with van der Waals surface area (Å²) in [6, 6.07) is 19.6. The topological polar surface area (TPSA) is 21.3 Å². The second kappa shape index (κ2) is 7.22. The quantitative estimate of drug-likeness (QED) is 0.854. The summed E-state index contributed by atoms with van der Waals surface area (Å²) >= 11 is 0. The smallest absolute Gasteiger partial charge is 0.0657 e. The van der Waals surface area contributed by atoms with Crippen LogP contribution < -0.4 is 5.32 Å². The van der Waals surface area contributed by atoms with E-state index in [9.17, 15) is 0 Å². The lowest BCUT2D eigenvalue weighted by atomic mass is 10.0. The summed E-state index contributed by atoms with van der Waals surface area (Å²) in [6.45, 7) is 4.99. The van der Waals surface area contributed by atoms with E-state index in [1.54, 1.807) is 7.11 Å². The van der Waals surface area contributed by atoms with Crippen molar-refractivity contribution in [1.29, 1.82) is 0 Å². The zero-order valence-electron chi connectivity index (χ0n) is 12.5. The first-order valence-corrected chi connectivity index (χ1v) is 7.07. The van der Waals surface area contributed by atoms with Gasteiger partial charge < -0.3 is 10.1 Å². The van der Waals surface area contributed by atoms with Crippen molar-refractivity contribution in [3.8, 4) is 0 Å². The number of hydrogen-bond acceptors (Lipinski definition) is 2. The fraction of sp³-hybridized carbons (Fsp3) is 0.333. The maximum atomic E-state index is 5.36. The number of rotatable bonds is 6. The van der Waals surface area contributed by atoms with Gasteiger partial charge in [-0.3, -0.25) is 0 Å². The highest BCUT2D eigenvalue weighted by atomic mass is 16.5. The van der Waals surface area contributed by atoms with Crippen molar-refractivity contribution in [2.24, 2.45) is 0 Å². The van der Waals surface area contributed by atoms with Gasteiger partial charge in [-0.25, -0.2) is 0 Å². The van der Waals surface area contributed by atoms with E-state index in [-0.39, 0.29) is 12.1 Å². The highest BCUT2D eigenvalue weighted by Crippen LogP contribution is 2.20. The molecule has 2 rings (SSSR count). The molecule has 106 valence electrons. The molecule has 1 unspecified atom stereocenters. The van der Waals surface area contributed by atoms with Gasteiger partial charge in [0.2, 0.25) is 0 Å². The minimum Gasteiger partial charge on any atom is -0.383 e. The molecule has 0 aliphatic rings.